The molecule has 0 aliphatic carbocycles. The van der Waals surface area contributed by atoms with Gasteiger partial charge in [-0.3, -0.25) is 0 Å². The molecule has 0 amide bonds. The Balaban J connectivity index is 2.26. The summed E-state index contributed by atoms with van der Waals surface area (Å²) in [7, 11) is 0. The molecule has 0 aromatic carbocycles. The Bertz CT molecular complexity index is 114. The van der Waals surface area contributed by atoms with E-state index in [0.29, 0.717) is 0 Å². The van der Waals surface area contributed by atoms with Crippen molar-refractivity contribution in [2.75, 3.05) is 6.61 Å². The van der Waals surface area contributed by atoms with Crippen LogP contribution in [0.2, 0.25) is 0 Å². The fourth-order valence-corrected chi connectivity index (χ4v) is 1.10. The minimum Gasteiger partial charge on any atom is -0.501 e. The Morgan fingerprint density at radius 3 is 2.89 bits per heavy atom. The van der Waals surface area contributed by atoms with Crippen LogP contribution in [0.25, 0.3) is 0 Å². The van der Waals surface area contributed by atoms with Crippen LogP contribution in [0.1, 0.15) is 26.7 Å². The Morgan fingerprint density at radius 1 is 1.67 bits per heavy atom. The molecule has 0 fully saturated rings. The molecule has 9 heavy (non-hydrogen) atoms. The van der Waals surface area contributed by atoms with Gasteiger partial charge in [-0.15, -0.1) is 0 Å². The first kappa shape index (κ1) is 6.66. The summed E-state index contributed by atoms with van der Waals surface area (Å²) in [5, 5.41) is 0. The normalized spacial score (nSPS) is 17.9. The van der Waals surface area contributed by atoms with Gasteiger partial charge in [0.25, 0.3) is 0 Å². The summed E-state index contributed by atoms with van der Waals surface area (Å²) < 4.78 is 5.10. The molecule has 1 heterocycles. The number of hydrogen-bond acceptors (Lipinski definition) is 1. The van der Waals surface area contributed by atoms with Crippen LogP contribution in [0.5, 0.6) is 0 Å². The summed E-state index contributed by atoms with van der Waals surface area (Å²) in [6.07, 6.45) is 4.28. The fourth-order valence-electron chi connectivity index (χ4n) is 1.10. The summed E-state index contributed by atoms with van der Waals surface area (Å²) >= 11 is 0. The lowest BCUT2D eigenvalue weighted by atomic mass is 10.0. The third-order valence-corrected chi connectivity index (χ3v) is 1.46. The van der Waals surface area contributed by atoms with Gasteiger partial charge in [-0.1, -0.05) is 13.8 Å². The number of ether oxygens (including phenoxy) is 1. The maximum atomic E-state index is 5.10. The minimum absolute atomic E-state index is 0.776. The maximum absolute atomic E-state index is 5.10. The van der Waals surface area contributed by atoms with E-state index >= 15 is 0 Å². The van der Waals surface area contributed by atoms with Gasteiger partial charge in [0.05, 0.1) is 12.9 Å². The van der Waals surface area contributed by atoms with Gasteiger partial charge in [-0.05, 0) is 17.9 Å². The van der Waals surface area contributed by atoms with Crippen molar-refractivity contribution in [3.63, 3.8) is 0 Å². The van der Waals surface area contributed by atoms with Crippen molar-refractivity contribution in [1.29, 1.82) is 0 Å². The predicted molar refractivity (Wildman–Crippen MR) is 38.1 cm³/mol. The van der Waals surface area contributed by atoms with Crippen molar-refractivity contribution in [2.45, 2.75) is 26.7 Å². The Hall–Kier alpha value is -0.460. The molecule has 1 aliphatic heterocycles. The Labute approximate surface area is 56.7 Å². The van der Waals surface area contributed by atoms with Crippen LogP contribution in [-0.4, -0.2) is 6.61 Å². The predicted octanol–water partition coefficient (Wildman–Crippen LogP) is 2.34. The first-order valence-corrected chi connectivity index (χ1v) is 3.58. The zero-order valence-corrected chi connectivity index (χ0v) is 6.18. The van der Waals surface area contributed by atoms with E-state index in [2.05, 4.69) is 13.8 Å². The van der Waals surface area contributed by atoms with E-state index in [0.717, 1.165) is 18.9 Å². The lowest BCUT2D eigenvalue weighted by molar-refractivity contribution is 0.281. The summed E-state index contributed by atoms with van der Waals surface area (Å²) in [6, 6.07) is 0. The van der Waals surface area contributed by atoms with Gasteiger partial charge in [0, 0.05) is 6.42 Å². The second-order valence-corrected chi connectivity index (χ2v) is 2.99. The van der Waals surface area contributed by atoms with Crippen molar-refractivity contribution in [1.82, 2.24) is 0 Å². The van der Waals surface area contributed by atoms with Gasteiger partial charge in [0.1, 0.15) is 0 Å². The van der Waals surface area contributed by atoms with Crippen molar-refractivity contribution >= 4 is 0 Å². The molecule has 0 atom stereocenters. The standard InChI is InChI=1S/C8H14O/c1-7(2)5-8-3-4-9-6-8/h6-7H,3-5H2,1-2H3. The highest BCUT2D eigenvalue weighted by molar-refractivity contribution is 5.02. The van der Waals surface area contributed by atoms with Crippen LogP contribution in [0.15, 0.2) is 11.8 Å². The fraction of sp³-hybridized carbons (Fsp3) is 0.750. The summed E-state index contributed by atoms with van der Waals surface area (Å²) in [5.74, 6) is 0.776. The van der Waals surface area contributed by atoms with Crippen LogP contribution in [0, 0.1) is 5.92 Å². The molecule has 52 valence electrons. The van der Waals surface area contributed by atoms with E-state index in [1.165, 1.54) is 12.0 Å². The van der Waals surface area contributed by atoms with Crippen molar-refractivity contribution < 1.29 is 4.74 Å². The highest BCUT2D eigenvalue weighted by Crippen LogP contribution is 2.18. The largest absolute Gasteiger partial charge is 0.501 e. The lowest BCUT2D eigenvalue weighted by Gasteiger charge is -2.01. The highest BCUT2D eigenvalue weighted by atomic mass is 16.5. The number of rotatable bonds is 2. The first-order valence-electron chi connectivity index (χ1n) is 3.58. The van der Waals surface area contributed by atoms with Crippen molar-refractivity contribution in [3.8, 4) is 0 Å². The zero-order chi connectivity index (χ0) is 6.69. The molecule has 0 saturated heterocycles. The monoisotopic (exact) mass is 126 g/mol. The molecule has 0 N–H and O–H groups in total. The van der Waals surface area contributed by atoms with Crippen LogP contribution in [0.3, 0.4) is 0 Å². The highest BCUT2D eigenvalue weighted by Gasteiger charge is 2.06. The van der Waals surface area contributed by atoms with Crippen molar-refractivity contribution in [3.05, 3.63) is 11.8 Å². The van der Waals surface area contributed by atoms with E-state index in [1.807, 2.05) is 6.26 Å². The molecular weight excluding hydrogens is 112 g/mol. The molecule has 0 aromatic heterocycles. The van der Waals surface area contributed by atoms with E-state index in [1.54, 1.807) is 0 Å². The maximum Gasteiger partial charge on any atom is 0.0911 e. The molecule has 1 aliphatic rings. The summed E-state index contributed by atoms with van der Waals surface area (Å²) in [4.78, 5) is 0. The average Bonchev–Trinajstić information content (AvgIpc) is 2.15. The summed E-state index contributed by atoms with van der Waals surface area (Å²) in [5.41, 5.74) is 1.48. The van der Waals surface area contributed by atoms with Crippen LogP contribution in [0.4, 0.5) is 0 Å². The topological polar surface area (TPSA) is 9.23 Å². The molecule has 0 unspecified atom stereocenters. The van der Waals surface area contributed by atoms with E-state index in [-0.39, 0.29) is 0 Å². The summed E-state index contributed by atoms with van der Waals surface area (Å²) in [6.45, 7) is 5.38. The van der Waals surface area contributed by atoms with Gasteiger partial charge >= 0.3 is 0 Å². The second-order valence-electron chi connectivity index (χ2n) is 2.99. The van der Waals surface area contributed by atoms with Crippen LogP contribution < -0.4 is 0 Å². The third-order valence-electron chi connectivity index (χ3n) is 1.46. The van der Waals surface area contributed by atoms with E-state index in [4.69, 9.17) is 4.74 Å². The SMILES string of the molecule is CC(C)CC1=COCC1. The minimum atomic E-state index is 0.776. The quantitative estimate of drug-likeness (QED) is 0.551. The van der Waals surface area contributed by atoms with Crippen LogP contribution in [-0.2, 0) is 4.74 Å². The second kappa shape index (κ2) is 2.90. The first-order chi connectivity index (χ1) is 4.29. The molecule has 1 rings (SSSR count). The van der Waals surface area contributed by atoms with E-state index < -0.39 is 0 Å². The van der Waals surface area contributed by atoms with Gasteiger partial charge in [0.2, 0.25) is 0 Å². The van der Waals surface area contributed by atoms with Crippen molar-refractivity contribution in [2.24, 2.45) is 5.92 Å². The molecule has 1 heteroatoms. The molecule has 0 radical (unpaired) electrons. The molecule has 0 aromatic rings. The van der Waals surface area contributed by atoms with Gasteiger partial charge in [-0.2, -0.15) is 0 Å². The molecule has 0 saturated carbocycles. The van der Waals surface area contributed by atoms with Gasteiger partial charge < -0.3 is 4.74 Å². The van der Waals surface area contributed by atoms with Gasteiger partial charge in [0.15, 0.2) is 0 Å². The zero-order valence-electron chi connectivity index (χ0n) is 6.18. The Morgan fingerprint density at radius 2 is 2.44 bits per heavy atom. The molecule has 0 bridgehead atoms. The molecular formula is C8H14O. The van der Waals surface area contributed by atoms with Crippen LogP contribution >= 0.6 is 0 Å². The Kier molecular flexibility index (Phi) is 2.15. The van der Waals surface area contributed by atoms with Gasteiger partial charge in [-0.25, -0.2) is 0 Å². The average molecular weight is 126 g/mol. The molecule has 1 nitrogen and oxygen atoms in total. The molecule has 0 spiro atoms. The lowest BCUT2D eigenvalue weighted by Crippen LogP contribution is -1.88. The third kappa shape index (κ3) is 2.08. The smallest absolute Gasteiger partial charge is 0.0911 e. The number of hydrogen-bond donors (Lipinski definition) is 0. The van der Waals surface area contributed by atoms with E-state index in [9.17, 15) is 0 Å².